The van der Waals surface area contributed by atoms with Crippen LogP contribution in [0.15, 0.2) is 46.9 Å². The molecule has 3 nitrogen and oxygen atoms in total. The standard InChI is InChI=1S/C16H13BrN2OS/c17-10-5-6-14-12(9-10)18-16(21)19(14)13-7-8-20-15-4-2-1-3-11(13)15/h1-6,9,13H,7-8H2,(H,18,21). The first-order chi connectivity index (χ1) is 10.2. The highest BCUT2D eigenvalue weighted by atomic mass is 79.9. The molecule has 0 saturated carbocycles. The molecule has 2 aromatic carbocycles. The minimum atomic E-state index is 0.220. The summed E-state index contributed by atoms with van der Waals surface area (Å²) in [6.07, 6.45) is 0.925. The van der Waals surface area contributed by atoms with Crippen LogP contribution in [0.2, 0.25) is 0 Å². The second-order valence-electron chi connectivity index (χ2n) is 5.15. The maximum atomic E-state index is 5.76. The van der Waals surface area contributed by atoms with Gasteiger partial charge in [0.15, 0.2) is 4.77 Å². The number of imidazole rings is 1. The van der Waals surface area contributed by atoms with Gasteiger partial charge in [0.2, 0.25) is 0 Å². The van der Waals surface area contributed by atoms with E-state index in [0.717, 1.165) is 32.4 Å². The topological polar surface area (TPSA) is 29.9 Å². The summed E-state index contributed by atoms with van der Waals surface area (Å²) >= 11 is 9.06. The molecule has 21 heavy (non-hydrogen) atoms. The maximum Gasteiger partial charge on any atom is 0.178 e. The van der Waals surface area contributed by atoms with E-state index in [1.54, 1.807) is 0 Å². The van der Waals surface area contributed by atoms with Crippen molar-refractivity contribution in [3.8, 4) is 5.75 Å². The predicted molar refractivity (Wildman–Crippen MR) is 89.5 cm³/mol. The zero-order chi connectivity index (χ0) is 14.4. The Hall–Kier alpha value is -1.59. The summed E-state index contributed by atoms with van der Waals surface area (Å²) in [6.45, 7) is 0.715. The van der Waals surface area contributed by atoms with E-state index < -0.39 is 0 Å². The molecule has 0 amide bonds. The van der Waals surface area contributed by atoms with Gasteiger partial charge in [-0.25, -0.2) is 0 Å². The monoisotopic (exact) mass is 360 g/mol. The summed E-state index contributed by atoms with van der Waals surface area (Å²) in [5.41, 5.74) is 3.38. The molecule has 0 bridgehead atoms. The first-order valence-electron chi connectivity index (χ1n) is 6.85. The van der Waals surface area contributed by atoms with Crippen LogP contribution in [0, 0.1) is 4.77 Å². The highest BCUT2D eigenvalue weighted by molar-refractivity contribution is 9.10. The zero-order valence-electron chi connectivity index (χ0n) is 11.2. The number of nitrogens with zero attached hydrogens (tertiary/aromatic N) is 1. The molecule has 0 aliphatic carbocycles. The lowest BCUT2D eigenvalue weighted by atomic mass is 10.0. The van der Waals surface area contributed by atoms with Gasteiger partial charge in [0, 0.05) is 16.5 Å². The maximum absolute atomic E-state index is 5.76. The fourth-order valence-electron chi connectivity index (χ4n) is 3.00. The lowest BCUT2D eigenvalue weighted by Gasteiger charge is -2.27. The minimum absolute atomic E-state index is 0.220. The number of hydrogen-bond donors (Lipinski definition) is 1. The van der Waals surface area contributed by atoms with Gasteiger partial charge in [-0.3, -0.25) is 0 Å². The summed E-state index contributed by atoms with van der Waals surface area (Å²) in [5.74, 6) is 0.960. The van der Waals surface area contributed by atoms with Crippen LogP contribution in [0.4, 0.5) is 0 Å². The van der Waals surface area contributed by atoms with Crippen LogP contribution in [0.3, 0.4) is 0 Å². The largest absolute Gasteiger partial charge is 0.493 e. The van der Waals surface area contributed by atoms with Crippen LogP contribution in [-0.4, -0.2) is 16.2 Å². The third-order valence-corrected chi connectivity index (χ3v) is 4.71. The van der Waals surface area contributed by atoms with E-state index in [-0.39, 0.29) is 6.04 Å². The highest BCUT2D eigenvalue weighted by Crippen LogP contribution is 2.36. The van der Waals surface area contributed by atoms with Gasteiger partial charge in [-0.15, -0.1) is 0 Å². The Labute approximate surface area is 135 Å². The SMILES string of the molecule is S=c1[nH]c2cc(Br)ccc2n1C1CCOc2ccccc21. The first kappa shape index (κ1) is 13.1. The van der Waals surface area contributed by atoms with Crippen LogP contribution in [0.1, 0.15) is 18.0 Å². The van der Waals surface area contributed by atoms with Crippen molar-refractivity contribution in [3.05, 3.63) is 57.3 Å². The molecule has 106 valence electrons. The number of halogens is 1. The summed E-state index contributed by atoms with van der Waals surface area (Å²) < 4.78 is 9.77. The molecular formula is C16H13BrN2OS. The number of nitrogens with one attached hydrogen (secondary N) is 1. The molecule has 3 aromatic rings. The van der Waals surface area contributed by atoms with E-state index in [1.165, 1.54) is 5.56 Å². The number of fused-ring (bicyclic) bond motifs is 2. The van der Waals surface area contributed by atoms with Crippen molar-refractivity contribution >= 4 is 39.2 Å². The number of rotatable bonds is 1. The Balaban J connectivity index is 1.96. The third-order valence-electron chi connectivity index (χ3n) is 3.92. The van der Waals surface area contributed by atoms with E-state index in [9.17, 15) is 0 Å². The number of aromatic nitrogens is 2. The molecule has 5 heteroatoms. The molecule has 1 aliphatic heterocycles. The van der Waals surface area contributed by atoms with E-state index >= 15 is 0 Å². The van der Waals surface area contributed by atoms with Crippen LogP contribution < -0.4 is 4.74 Å². The van der Waals surface area contributed by atoms with Gasteiger partial charge in [0.05, 0.1) is 23.7 Å². The van der Waals surface area contributed by atoms with Crippen molar-refractivity contribution in [2.24, 2.45) is 0 Å². The van der Waals surface area contributed by atoms with Crippen LogP contribution in [0.5, 0.6) is 5.75 Å². The Bertz CT molecular complexity index is 883. The van der Waals surface area contributed by atoms with Crippen molar-refractivity contribution in [1.82, 2.24) is 9.55 Å². The summed E-state index contributed by atoms with van der Waals surface area (Å²) in [5, 5.41) is 0. The van der Waals surface area contributed by atoms with E-state index in [4.69, 9.17) is 17.0 Å². The highest BCUT2D eigenvalue weighted by Gasteiger charge is 2.24. The number of H-pyrrole nitrogens is 1. The van der Waals surface area contributed by atoms with Gasteiger partial charge in [-0.2, -0.15) is 0 Å². The molecule has 4 rings (SSSR count). The average Bonchev–Trinajstić information content (AvgIpc) is 2.81. The Morgan fingerprint density at radius 1 is 1.24 bits per heavy atom. The van der Waals surface area contributed by atoms with Crippen LogP contribution >= 0.6 is 28.1 Å². The number of aromatic amines is 1. The molecule has 1 atom stereocenters. The van der Waals surface area contributed by atoms with Gasteiger partial charge in [-0.05, 0) is 36.5 Å². The molecule has 1 N–H and O–H groups in total. The molecule has 1 unspecified atom stereocenters. The fourth-order valence-corrected chi connectivity index (χ4v) is 3.70. The van der Waals surface area contributed by atoms with E-state index in [1.807, 2.05) is 18.2 Å². The van der Waals surface area contributed by atoms with Crippen molar-refractivity contribution in [1.29, 1.82) is 0 Å². The second kappa shape index (κ2) is 5.00. The van der Waals surface area contributed by atoms with Gasteiger partial charge in [0.1, 0.15) is 5.75 Å². The molecule has 0 spiro atoms. The number of benzene rings is 2. The van der Waals surface area contributed by atoms with Crippen molar-refractivity contribution in [3.63, 3.8) is 0 Å². The first-order valence-corrected chi connectivity index (χ1v) is 8.05. The normalized spacial score (nSPS) is 17.5. The van der Waals surface area contributed by atoms with Crippen molar-refractivity contribution < 1.29 is 4.74 Å². The van der Waals surface area contributed by atoms with Gasteiger partial charge < -0.3 is 14.3 Å². The van der Waals surface area contributed by atoms with E-state index in [0.29, 0.717) is 6.61 Å². The van der Waals surface area contributed by atoms with Crippen LogP contribution in [-0.2, 0) is 0 Å². The summed E-state index contributed by atoms with van der Waals surface area (Å²) in [6, 6.07) is 14.6. The van der Waals surface area contributed by atoms with E-state index in [2.05, 4.69) is 49.7 Å². The molecular weight excluding hydrogens is 348 g/mol. The van der Waals surface area contributed by atoms with Gasteiger partial charge >= 0.3 is 0 Å². The smallest absolute Gasteiger partial charge is 0.178 e. The summed E-state index contributed by atoms with van der Waals surface area (Å²) in [4.78, 5) is 3.30. The molecule has 0 radical (unpaired) electrons. The fraction of sp³-hybridized carbons (Fsp3) is 0.188. The number of para-hydroxylation sites is 1. The Kier molecular flexibility index (Phi) is 3.12. The molecule has 1 aromatic heterocycles. The van der Waals surface area contributed by atoms with Crippen molar-refractivity contribution in [2.45, 2.75) is 12.5 Å². The third kappa shape index (κ3) is 2.12. The second-order valence-corrected chi connectivity index (χ2v) is 6.45. The minimum Gasteiger partial charge on any atom is -0.493 e. The Morgan fingerprint density at radius 3 is 3.00 bits per heavy atom. The quantitative estimate of drug-likeness (QED) is 0.629. The van der Waals surface area contributed by atoms with Crippen molar-refractivity contribution in [2.75, 3.05) is 6.61 Å². The lowest BCUT2D eigenvalue weighted by molar-refractivity contribution is 0.257. The summed E-state index contributed by atoms with van der Waals surface area (Å²) in [7, 11) is 0. The molecule has 1 aliphatic rings. The van der Waals surface area contributed by atoms with Gasteiger partial charge in [0.25, 0.3) is 0 Å². The number of hydrogen-bond acceptors (Lipinski definition) is 2. The number of ether oxygens (including phenoxy) is 1. The zero-order valence-corrected chi connectivity index (χ0v) is 13.6. The van der Waals surface area contributed by atoms with Gasteiger partial charge in [-0.1, -0.05) is 34.1 Å². The Morgan fingerprint density at radius 2 is 2.10 bits per heavy atom. The van der Waals surface area contributed by atoms with Crippen LogP contribution in [0.25, 0.3) is 11.0 Å². The molecule has 2 heterocycles. The molecule has 0 fully saturated rings. The molecule has 0 saturated heterocycles. The average molecular weight is 361 g/mol. The lowest BCUT2D eigenvalue weighted by Crippen LogP contribution is -2.20. The predicted octanol–water partition coefficient (Wildman–Crippen LogP) is 4.83.